The molecule has 0 saturated carbocycles. The summed E-state index contributed by atoms with van der Waals surface area (Å²) in [4.78, 5) is 33.4. The summed E-state index contributed by atoms with van der Waals surface area (Å²) in [6, 6.07) is 17.4. The van der Waals surface area contributed by atoms with Gasteiger partial charge in [-0.2, -0.15) is 0 Å². The fraction of sp³-hybridized carbons (Fsp3) is 0.323. The molecule has 12 nitrogen and oxygen atoms in total. The van der Waals surface area contributed by atoms with Gasteiger partial charge in [-0.05, 0) is 54.3 Å². The predicted molar refractivity (Wildman–Crippen MR) is 174 cm³/mol. The van der Waals surface area contributed by atoms with E-state index in [1.807, 2.05) is 49.4 Å². The molecule has 0 aromatic heterocycles. The Bertz CT molecular complexity index is 1620. The minimum Gasteiger partial charge on any atom is -0.497 e. The van der Waals surface area contributed by atoms with Crippen LogP contribution in [0.4, 0.5) is 11.4 Å². The van der Waals surface area contributed by atoms with E-state index in [0.29, 0.717) is 22.7 Å². The zero-order valence-corrected chi connectivity index (χ0v) is 25.6. The van der Waals surface area contributed by atoms with Gasteiger partial charge in [-0.1, -0.05) is 35.9 Å². The molecule has 4 atom stereocenters. The van der Waals surface area contributed by atoms with Crippen molar-refractivity contribution >= 4 is 53.1 Å². The van der Waals surface area contributed by atoms with E-state index in [-0.39, 0.29) is 43.7 Å². The van der Waals surface area contributed by atoms with E-state index in [1.165, 1.54) is 0 Å². The molecule has 1 saturated heterocycles. The van der Waals surface area contributed by atoms with Crippen molar-refractivity contribution in [2.24, 2.45) is 4.99 Å². The van der Waals surface area contributed by atoms with Gasteiger partial charge in [0.25, 0.3) is 0 Å². The maximum absolute atomic E-state index is 13.2. The van der Waals surface area contributed by atoms with E-state index in [9.17, 15) is 19.6 Å². The van der Waals surface area contributed by atoms with Gasteiger partial charge in [0.15, 0.2) is 0 Å². The van der Waals surface area contributed by atoms with Gasteiger partial charge in [0.1, 0.15) is 18.0 Å². The highest BCUT2D eigenvalue weighted by Crippen LogP contribution is 2.36. The third kappa shape index (κ3) is 6.49. The van der Waals surface area contributed by atoms with Crippen LogP contribution in [0.5, 0.6) is 5.75 Å². The van der Waals surface area contributed by atoms with Crippen LogP contribution in [0.25, 0.3) is 0 Å². The molecule has 45 heavy (non-hydrogen) atoms. The molecule has 3 aliphatic rings. The van der Waals surface area contributed by atoms with Crippen LogP contribution in [0.15, 0.2) is 65.7 Å². The number of nitrogens with one attached hydrogen (secondary N) is 5. The monoisotopic (exact) mass is 631 g/mol. The molecule has 0 bridgehead atoms. The number of anilines is 2. The van der Waals surface area contributed by atoms with Crippen LogP contribution in [0.1, 0.15) is 30.0 Å². The summed E-state index contributed by atoms with van der Waals surface area (Å²) in [7, 11) is 0.0611. The van der Waals surface area contributed by atoms with Crippen LogP contribution < -0.4 is 41.9 Å². The second-order valence-electron chi connectivity index (χ2n) is 11.3. The third-order valence-corrected chi connectivity index (χ3v) is 8.56. The van der Waals surface area contributed by atoms with Gasteiger partial charge in [0, 0.05) is 47.0 Å². The lowest BCUT2D eigenvalue weighted by Crippen LogP contribution is -2.48. The van der Waals surface area contributed by atoms with Crippen LogP contribution in [0, 0.1) is 0 Å². The number of amides is 2. The first-order valence-electron chi connectivity index (χ1n) is 14.8. The van der Waals surface area contributed by atoms with Crippen molar-refractivity contribution in [3.63, 3.8) is 0 Å². The lowest BCUT2D eigenvalue weighted by molar-refractivity contribution is -0.123. The molecule has 6 rings (SSSR count). The van der Waals surface area contributed by atoms with E-state index in [0.717, 1.165) is 33.8 Å². The first-order valence-corrected chi connectivity index (χ1v) is 15.2. The highest BCUT2D eigenvalue weighted by atomic mass is 35.5. The summed E-state index contributed by atoms with van der Waals surface area (Å²) < 4.78 is 5.55. The average Bonchev–Trinajstić information content (AvgIpc) is 3.61. The first kappa shape index (κ1) is 30.9. The van der Waals surface area contributed by atoms with Crippen LogP contribution in [0.2, 0.25) is 5.02 Å². The SMILES string of the molecule is COc1ccc2c(c1)C(c1ccc(Cl)cc1)=NC(CC(=O)NCCNC(=O)C1Cc3cc(B(O)O)ccc3N1)C1NNC(C)N21. The topological polar surface area (TPSA) is 160 Å². The second-order valence-corrected chi connectivity index (χ2v) is 11.7. The largest absolute Gasteiger partial charge is 0.497 e. The van der Waals surface area contributed by atoms with Crippen LogP contribution in [-0.4, -0.2) is 79.3 Å². The van der Waals surface area contributed by atoms with Crippen LogP contribution in [-0.2, 0) is 16.0 Å². The van der Waals surface area contributed by atoms with Crippen molar-refractivity contribution in [2.75, 3.05) is 30.4 Å². The van der Waals surface area contributed by atoms with E-state index in [1.54, 1.807) is 25.3 Å². The summed E-state index contributed by atoms with van der Waals surface area (Å²) in [6.45, 7) is 2.54. The summed E-state index contributed by atoms with van der Waals surface area (Å²) in [5, 5.41) is 28.4. The van der Waals surface area contributed by atoms with Gasteiger partial charge >= 0.3 is 7.12 Å². The van der Waals surface area contributed by atoms with Crippen molar-refractivity contribution in [3.8, 4) is 5.75 Å². The summed E-state index contributed by atoms with van der Waals surface area (Å²) in [5.74, 6) is 0.301. The summed E-state index contributed by atoms with van der Waals surface area (Å²) >= 11 is 6.19. The van der Waals surface area contributed by atoms with Crippen molar-refractivity contribution < 1.29 is 24.4 Å². The molecule has 2 amide bonds. The molecule has 0 spiro atoms. The number of ether oxygens (including phenoxy) is 1. The van der Waals surface area contributed by atoms with Gasteiger partial charge < -0.3 is 35.6 Å². The van der Waals surface area contributed by atoms with E-state index in [4.69, 9.17) is 21.3 Å². The first-order chi connectivity index (χ1) is 21.7. The maximum Gasteiger partial charge on any atom is 0.488 e. The zero-order chi connectivity index (χ0) is 31.7. The number of carbonyl (C=O) groups is 2. The standard InChI is InChI=1S/C31H35BClN7O5/c1-17-38-39-30-25(37-29(18-3-6-21(33)7-4-18)23-15-22(45-2)8-10-27(23)40(17)30)16-28(41)34-11-12-35-31(42)26-14-19-13-20(32(43)44)5-9-24(19)36-26/h3-10,13,15,17,25-26,30,36,38-39,43-44H,11-12,14,16H2,1-2H3,(H,34,41)(H,35,42). The Hall–Kier alpha value is -4.14. The zero-order valence-electron chi connectivity index (χ0n) is 24.9. The number of halogens is 1. The maximum atomic E-state index is 13.2. The minimum atomic E-state index is -1.56. The molecular weight excluding hydrogens is 597 g/mol. The van der Waals surface area contributed by atoms with Gasteiger partial charge in [-0.25, -0.2) is 10.9 Å². The molecule has 3 aromatic rings. The van der Waals surface area contributed by atoms with Crippen molar-refractivity contribution in [3.05, 3.63) is 82.4 Å². The molecule has 4 unspecified atom stereocenters. The molecular formula is C31H35BClN7O5. The average molecular weight is 632 g/mol. The van der Waals surface area contributed by atoms with Gasteiger partial charge in [0.05, 0.1) is 31.4 Å². The lowest BCUT2D eigenvalue weighted by Gasteiger charge is -2.31. The van der Waals surface area contributed by atoms with Gasteiger partial charge in [0.2, 0.25) is 11.8 Å². The number of hydrazine groups is 1. The molecule has 234 valence electrons. The molecule has 3 heterocycles. The molecule has 0 aliphatic carbocycles. The number of methoxy groups -OCH3 is 1. The number of carbonyl (C=O) groups excluding carboxylic acids is 2. The second kappa shape index (κ2) is 13.1. The fourth-order valence-corrected chi connectivity index (χ4v) is 6.18. The predicted octanol–water partition coefficient (Wildman–Crippen LogP) is 0.494. The molecule has 1 fully saturated rings. The number of aliphatic imine (C=N–C) groups is 1. The number of hydrogen-bond acceptors (Lipinski definition) is 10. The lowest BCUT2D eigenvalue weighted by atomic mass is 9.79. The number of benzene rings is 3. The van der Waals surface area contributed by atoms with E-state index < -0.39 is 19.2 Å². The van der Waals surface area contributed by atoms with Crippen LogP contribution >= 0.6 is 11.6 Å². The summed E-state index contributed by atoms with van der Waals surface area (Å²) in [5.41, 5.74) is 12.1. The highest BCUT2D eigenvalue weighted by molar-refractivity contribution is 6.58. The van der Waals surface area contributed by atoms with Crippen molar-refractivity contribution in [1.29, 1.82) is 0 Å². The number of rotatable bonds is 9. The van der Waals surface area contributed by atoms with E-state index in [2.05, 4.69) is 31.7 Å². The van der Waals surface area contributed by atoms with Crippen molar-refractivity contribution in [1.82, 2.24) is 21.5 Å². The minimum absolute atomic E-state index is 0.0710. The van der Waals surface area contributed by atoms with Gasteiger partial charge in [-0.3, -0.25) is 14.6 Å². The number of fused-ring (bicyclic) bond motifs is 4. The Labute approximate surface area is 266 Å². The normalized spacial score (nSPS) is 21.4. The Balaban J connectivity index is 1.12. The van der Waals surface area contributed by atoms with Crippen molar-refractivity contribution in [2.45, 2.75) is 44.2 Å². The summed E-state index contributed by atoms with van der Waals surface area (Å²) in [6.07, 6.45) is 0.162. The fourth-order valence-electron chi connectivity index (χ4n) is 6.06. The Kier molecular flexibility index (Phi) is 8.97. The third-order valence-electron chi connectivity index (χ3n) is 8.31. The Morgan fingerprint density at radius 3 is 2.60 bits per heavy atom. The number of hydrogen-bond donors (Lipinski definition) is 7. The van der Waals surface area contributed by atoms with Crippen LogP contribution in [0.3, 0.4) is 0 Å². The molecule has 0 radical (unpaired) electrons. The quantitative estimate of drug-likeness (QED) is 0.132. The Morgan fingerprint density at radius 1 is 1.07 bits per heavy atom. The molecule has 14 heteroatoms. The molecule has 3 aliphatic heterocycles. The Morgan fingerprint density at radius 2 is 1.84 bits per heavy atom. The van der Waals surface area contributed by atoms with Gasteiger partial charge in [-0.15, -0.1) is 0 Å². The molecule has 3 aromatic carbocycles. The smallest absolute Gasteiger partial charge is 0.488 e. The number of nitrogens with zero attached hydrogens (tertiary/aromatic N) is 2. The van der Waals surface area contributed by atoms with E-state index >= 15 is 0 Å². The highest BCUT2D eigenvalue weighted by Gasteiger charge is 2.41. The molecule has 7 N–H and O–H groups in total.